The fourth-order valence-electron chi connectivity index (χ4n) is 1.22. The maximum absolute atomic E-state index is 11.1. The number of nitrogens with one attached hydrogen (secondary N) is 2. The molecular formula is C9H18N2O3. The van der Waals surface area contributed by atoms with Crippen LogP contribution >= 0.6 is 0 Å². The molecule has 1 unspecified atom stereocenters. The summed E-state index contributed by atoms with van der Waals surface area (Å²) in [5, 5.41) is 14.0. The topological polar surface area (TPSA) is 78.4 Å². The molecule has 0 saturated heterocycles. The Morgan fingerprint density at radius 1 is 1.43 bits per heavy atom. The fraction of sp³-hybridized carbons (Fsp3) is 0.778. The van der Waals surface area contributed by atoms with Crippen LogP contribution in [0.1, 0.15) is 26.2 Å². The molecule has 0 aliphatic rings. The number of carbonyl (C=O) groups is 2. The van der Waals surface area contributed by atoms with Gasteiger partial charge in [-0.2, -0.15) is 0 Å². The van der Waals surface area contributed by atoms with Crippen LogP contribution in [0.2, 0.25) is 0 Å². The molecule has 1 amide bonds. The Morgan fingerprint density at radius 3 is 2.50 bits per heavy atom. The molecular weight excluding hydrogens is 184 g/mol. The van der Waals surface area contributed by atoms with Gasteiger partial charge in [-0.1, -0.05) is 13.3 Å². The van der Waals surface area contributed by atoms with Gasteiger partial charge in [0.15, 0.2) is 0 Å². The number of carbonyl (C=O) groups excluding carboxylic acids is 1. The summed E-state index contributed by atoms with van der Waals surface area (Å²) in [4.78, 5) is 21.6. The fourth-order valence-corrected chi connectivity index (χ4v) is 1.22. The van der Waals surface area contributed by atoms with E-state index in [1.807, 2.05) is 6.92 Å². The summed E-state index contributed by atoms with van der Waals surface area (Å²) < 4.78 is 0. The second-order valence-electron chi connectivity index (χ2n) is 3.18. The van der Waals surface area contributed by atoms with Crippen LogP contribution in [0.15, 0.2) is 0 Å². The number of hydrogen-bond acceptors (Lipinski definition) is 3. The van der Waals surface area contributed by atoms with Crippen molar-refractivity contribution >= 4 is 11.9 Å². The molecule has 0 aliphatic carbocycles. The summed E-state index contributed by atoms with van der Waals surface area (Å²) in [5.74, 6) is -1.04. The quantitative estimate of drug-likeness (QED) is 0.541. The van der Waals surface area contributed by atoms with Gasteiger partial charge >= 0.3 is 5.97 Å². The van der Waals surface area contributed by atoms with Crippen molar-refractivity contribution in [2.45, 2.75) is 32.2 Å². The SMILES string of the molecule is CCCC(CC(=O)O)NC(=O)CNC. The minimum absolute atomic E-state index is 0.0106. The summed E-state index contributed by atoms with van der Waals surface area (Å²) in [5.41, 5.74) is 0. The number of hydrogen-bond donors (Lipinski definition) is 3. The Bertz CT molecular complexity index is 194. The Balaban J connectivity index is 3.94. The van der Waals surface area contributed by atoms with Gasteiger partial charge in [-0.15, -0.1) is 0 Å². The Kier molecular flexibility index (Phi) is 6.74. The van der Waals surface area contributed by atoms with Gasteiger partial charge < -0.3 is 15.7 Å². The first-order chi connectivity index (χ1) is 6.60. The van der Waals surface area contributed by atoms with Crippen LogP contribution < -0.4 is 10.6 Å². The summed E-state index contributed by atoms with van der Waals surface area (Å²) in [6.45, 7) is 2.18. The zero-order chi connectivity index (χ0) is 11.0. The van der Waals surface area contributed by atoms with Gasteiger partial charge in [0, 0.05) is 6.04 Å². The van der Waals surface area contributed by atoms with Crippen LogP contribution in [0.4, 0.5) is 0 Å². The molecule has 0 aromatic carbocycles. The molecule has 0 radical (unpaired) electrons. The number of carboxylic acids is 1. The number of rotatable bonds is 7. The lowest BCUT2D eigenvalue weighted by Gasteiger charge is -2.15. The standard InChI is InChI=1S/C9H18N2O3/c1-3-4-7(5-9(13)14)11-8(12)6-10-2/h7,10H,3-6H2,1-2H3,(H,11,12)(H,13,14). The first kappa shape index (κ1) is 12.9. The number of carboxylic acid groups (broad SMARTS) is 1. The molecule has 0 spiro atoms. The highest BCUT2D eigenvalue weighted by molar-refractivity contribution is 5.79. The van der Waals surface area contributed by atoms with Crippen molar-refractivity contribution in [3.63, 3.8) is 0 Å². The Hall–Kier alpha value is -1.10. The van der Waals surface area contributed by atoms with Gasteiger partial charge in [-0.25, -0.2) is 0 Å². The zero-order valence-electron chi connectivity index (χ0n) is 8.67. The average Bonchev–Trinajstić information content (AvgIpc) is 2.03. The summed E-state index contributed by atoms with van der Waals surface area (Å²) >= 11 is 0. The smallest absolute Gasteiger partial charge is 0.305 e. The maximum atomic E-state index is 11.1. The summed E-state index contributed by atoms with van der Waals surface area (Å²) in [6.07, 6.45) is 1.54. The van der Waals surface area contributed by atoms with E-state index in [-0.39, 0.29) is 24.9 Å². The summed E-state index contributed by atoms with van der Waals surface area (Å²) in [7, 11) is 1.67. The van der Waals surface area contributed by atoms with Crippen molar-refractivity contribution in [3.05, 3.63) is 0 Å². The molecule has 14 heavy (non-hydrogen) atoms. The highest BCUT2D eigenvalue weighted by Crippen LogP contribution is 2.01. The summed E-state index contributed by atoms with van der Waals surface area (Å²) in [6, 6.07) is -0.252. The molecule has 3 N–H and O–H groups in total. The van der Waals surface area contributed by atoms with Gasteiger partial charge in [0.05, 0.1) is 13.0 Å². The van der Waals surface area contributed by atoms with Crippen LogP contribution in [-0.4, -0.2) is 36.6 Å². The largest absolute Gasteiger partial charge is 0.481 e. The molecule has 1 atom stereocenters. The molecule has 0 saturated carbocycles. The van der Waals surface area contributed by atoms with Gasteiger partial charge in [-0.3, -0.25) is 9.59 Å². The monoisotopic (exact) mass is 202 g/mol. The van der Waals surface area contributed by atoms with Gasteiger partial charge in [-0.05, 0) is 13.5 Å². The molecule has 5 heteroatoms. The van der Waals surface area contributed by atoms with E-state index in [1.165, 1.54) is 0 Å². The predicted octanol–water partition coefficient (Wildman–Crippen LogP) is -0.0346. The molecule has 5 nitrogen and oxygen atoms in total. The molecule has 0 aromatic rings. The molecule has 0 fully saturated rings. The Morgan fingerprint density at radius 2 is 2.07 bits per heavy atom. The number of likely N-dealkylation sites (N-methyl/N-ethyl adjacent to an activating group) is 1. The van der Waals surface area contributed by atoms with E-state index in [2.05, 4.69) is 10.6 Å². The van der Waals surface area contributed by atoms with Crippen LogP contribution in [0.5, 0.6) is 0 Å². The molecule has 0 bridgehead atoms. The lowest BCUT2D eigenvalue weighted by Crippen LogP contribution is -2.40. The van der Waals surface area contributed by atoms with Crippen molar-refractivity contribution in [1.29, 1.82) is 0 Å². The van der Waals surface area contributed by atoms with Crippen molar-refractivity contribution in [3.8, 4) is 0 Å². The second-order valence-corrected chi connectivity index (χ2v) is 3.18. The number of amides is 1. The van der Waals surface area contributed by atoms with E-state index in [9.17, 15) is 9.59 Å². The third-order valence-corrected chi connectivity index (χ3v) is 1.76. The van der Waals surface area contributed by atoms with Crippen LogP contribution in [0.25, 0.3) is 0 Å². The van der Waals surface area contributed by atoms with Crippen molar-refractivity contribution < 1.29 is 14.7 Å². The van der Waals surface area contributed by atoms with E-state index >= 15 is 0 Å². The molecule has 0 rings (SSSR count). The van der Waals surface area contributed by atoms with Gasteiger partial charge in [0.25, 0.3) is 0 Å². The molecule has 0 aliphatic heterocycles. The zero-order valence-corrected chi connectivity index (χ0v) is 8.67. The normalized spacial score (nSPS) is 12.1. The van der Waals surface area contributed by atoms with Gasteiger partial charge in [0.1, 0.15) is 0 Å². The molecule has 0 aromatic heterocycles. The van der Waals surface area contributed by atoms with E-state index < -0.39 is 5.97 Å². The predicted molar refractivity (Wildman–Crippen MR) is 53.0 cm³/mol. The van der Waals surface area contributed by atoms with Crippen LogP contribution in [0.3, 0.4) is 0 Å². The van der Waals surface area contributed by atoms with E-state index in [1.54, 1.807) is 7.05 Å². The molecule has 82 valence electrons. The minimum Gasteiger partial charge on any atom is -0.481 e. The van der Waals surface area contributed by atoms with E-state index in [0.29, 0.717) is 6.42 Å². The highest BCUT2D eigenvalue weighted by atomic mass is 16.4. The third kappa shape index (κ3) is 6.42. The lowest BCUT2D eigenvalue weighted by atomic mass is 10.1. The maximum Gasteiger partial charge on any atom is 0.305 e. The van der Waals surface area contributed by atoms with Gasteiger partial charge in [0.2, 0.25) is 5.91 Å². The van der Waals surface area contributed by atoms with Crippen molar-refractivity contribution in [2.75, 3.05) is 13.6 Å². The first-order valence-electron chi connectivity index (χ1n) is 4.75. The first-order valence-corrected chi connectivity index (χ1v) is 4.75. The van der Waals surface area contributed by atoms with Crippen LogP contribution in [0, 0.1) is 0 Å². The van der Waals surface area contributed by atoms with Crippen LogP contribution in [-0.2, 0) is 9.59 Å². The van der Waals surface area contributed by atoms with E-state index in [4.69, 9.17) is 5.11 Å². The molecule has 0 heterocycles. The average molecular weight is 202 g/mol. The van der Waals surface area contributed by atoms with E-state index in [0.717, 1.165) is 6.42 Å². The third-order valence-electron chi connectivity index (χ3n) is 1.76. The Labute approximate surface area is 83.9 Å². The number of aliphatic carboxylic acids is 1. The second kappa shape index (κ2) is 7.32. The lowest BCUT2D eigenvalue weighted by molar-refractivity contribution is -0.137. The van der Waals surface area contributed by atoms with Crippen molar-refractivity contribution in [1.82, 2.24) is 10.6 Å². The minimum atomic E-state index is -0.881. The van der Waals surface area contributed by atoms with Crippen molar-refractivity contribution in [2.24, 2.45) is 0 Å². The highest BCUT2D eigenvalue weighted by Gasteiger charge is 2.14.